The van der Waals surface area contributed by atoms with Gasteiger partial charge in [0.1, 0.15) is 23.5 Å². The molecule has 0 saturated carbocycles. The van der Waals surface area contributed by atoms with Crippen LogP contribution in [-0.4, -0.2) is 13.1 Å². The molecule has 0 atom stereocenters. The number of hydrogen-bond donors (Lipinski definition) is 2. The zero-order chi connectivity index (χ0) is 11.4. The van der Waals surface area contributed by atoms with Crippen molar-refractivity contribution in [3.8, 4) is 12.1 Å². The van der Waals surface area contributed by atoms with Crippen molar-refractivity contribution >= 4 is 11.4 Å². The molecule has 1 saturated heterocycles. The highest BCUT2D eigenvalue weighted by atomic mass is 15.2. The third kappa shape index (κ3) is 1.82. The molecule has 4 nitrogen and oxygen atoms in total. The Morgan fingerprint density at radius 1 is 1.00 bits per heavy atom. The molecular weight excluding hydrogens is 200 g/mol. The first-order chi connectivity index (χ1) is 7.85. The molecule has 1 aromatic rings. The van der Waals surface area contributed by atoms with E-state index in [-0.39, 0.29) is 5.57 Å². The molecule has 4 heteroatoms. The fourth-order valence-corrected chi connectivity index (χ4v) is 1.60. The van der Waals surface area contributed by atoms with Crippen LogP contribution >= 0.6 is 0 Å². The Bertz CT molecular complexity index is 554. The average molecular weight is 210 g/mol. The van der Waals surface area contributed by atoms with Crippen LogP contribution in [-0.2, 0) is 0 Å². The lowest BCUT2D eigenvalue weighted by atomic mass is 10.2. The smallest absolute Gasteiger partial charge is 0.136 e. The fraction of sp³-hybridized carbons (Fsp3) is 0.167. The van der Waals surface area contributed by atoms with Crippen LogP contribution in [0.15, 0.2) is 24.3 Å². The predicted octanol–water partition coefficient (Wildman–Crippen LogP) is -0.857. The van der Waals surface area contributed by atoms with Crippen LogP contribution in [0.4, 0.5) is 0 Å². The minimum absolute atomic E-state index is 0.142. The summed E-state index contributed by atoms with van der Waals surface area (Å²) < 4.78 is 0. The van der Waals surface area contributed by atoms with E-state index < -0.39 is 0 Å². The highest BCUT2D eigenvalue weighted by Crippen LogP contribution is 1.88. The van der Waals surface area contributed by atoms with E-state index in [9.17, 15) is 0 Å². The van der Waals surface area contributed by atoms with E-state index in [1.165, 1.54) is 0 Å². The van der Waals surface area contributed by atoms with Crippen molar-refractivity contribution in [2.75, 3.05) is 13.1 Å². The second-order valence-corrected chi connectivity index (χ2v) is 3.40. The van der Waals surface area contributed by atoms with E-state index in [0.29, 0.717) is 5.22 Å². The molecule has 1 fully saturated rings. The molecule has 0 aromatic heterocycles. The maximum absolute atomic E-state index is 8.72. The Balaban J connectivity index is 2.54. The molecule has 0 unspecified atom stereocenters. The highest BCUT2D eigenvalue weighted by Gasteiger charge is 2.03. The third-order valence-electron chi connectivity index (χ3n) is 2.41. The van der Waals surface area contributed by atoms with Gasteiger partial charge in [-0.3, -0.25) is 0 Å². The number of rotatable bonds is 0. The average Bonchev–Trinajstić information content (AvgIpc) is 2.85. The van der Waals surface area contributed by atoms with Crippen molar-refractivity contribution in [3.05, 3.63) is 34.7 Å². The largest absolute Gasteiger partial charge is 0.370 e. The van der Waals surface area contributed by atoms with Crippen LogP contribution in [0.3, 0.4) is 0 Å². The molecule has 78 valence electrons. The van der Waals surface area contributed by atoms with Crippen LogP contribution < -0.4 is 21.1 Å². The summed E-state index contributed by atoms with van der Waals surface area (Å²) in [6.45, 7) is 1.84. The van der Waals surface area contributed by atoms with Gasteiger partial charge < -0.3 is 10.6 Å². The van der Waals surface area contributed by atoms with E-state index in [0.717, 1.165) is 24.1 Å². The summed E-state index contributed by atoms with van der Waals surface area (Å²) in [4.78, 5) is 0. The second-order valence-electron chi connectivity index (χ2n) is 3.40. The first kappa shape index (κ1) is 10.1. The van der Waals surface area contributed by atoms with Gasteiger partial charge in [0.05, 0.1) is 0 Å². The molecule has 2 N–H and O–H groups in total. The summed E-state index contributed by atoms with van der Waals surface area (Å²) in [6.07, 6.45) is 0. The van der Waals surface area contributed by atoms with Crippen molar-refractivity contribution < 1.29 is 0 Å². The molecule has 1 heterocycles. The van der Waals surface area contributed by atoms with Gasteiger partial charge in [0.2, 0.25) is 0 Å². The lowest BCUT2D eigenvalue weighted by Gasteiger charge is -1.98. The molecular formula is C12H10N4. The zero-order valence-corrected chi connectivity index (χ0v) is 8.62. The van der Waals surface area contributed by atoms with Crippen molar-refractivity contribution in [1.29, 1.82) is 10.5 Å². The topological polar surface area (TPSA) is 71.6 Å². The highest BCUT2D eigenvalue weighted by molar-refractivity contribution is 5.72. The maximum Gasteiger partial charge on any atom is 0.136 e. The predicted molar refractivity (Wildman–Crippen MR) is 59.7 cm³/mol. The summed E-state index contributed by atoms with van der Waals surface area (Å²) in [5.74, 6) is 1.00. The molecule has 0 radical (unpaired) electrons. The Labute approximate surface area is 93.1 Å². The molecule has 1 aliphatic rings. The normalized spacial score (nSPS) is 13.2. The van der Waals surface area contributed by atoms with Gasteiger partial charge in [0.15, 0.2) is 0 Å². The lowest BCUT2D eigenvalue weighted by Crippen LogP contribution is -2.21. The van der Waals surface area contributed by atoms with Gasteiger partial charge >= 0.3 is 0 Å². The first-order valence-corrected chi connectivity index (χ1v) is 4.98. The van der Waals surface area contributed by atoms with Crippen LogP contribution in [0.1, 0.15) is 0 Å². The molecule has 0 amide bonds. The van der Waals surface area contributed by atoms with Gasteiger partial charge in [-0.2, -0.15) is 10.5 Å². The van der Waals surface area contributed by atoms with Crippen LogP contribution in [0, 0.1) is 22.7 Å². The third-order valence-corrected chi connectivity index (χ3v) is 2.41. The summed E-state index contributed by atoms with van der Waals surface area (Å²) in [6, 6.07) is 11.1. The standard InChI is InChI=1S/C12H10N4/c13-7-11(8-14)9-1-3-10(4-2-9)12-15-5-6-16-12/h1-4,15-16H,5-6H2. The molecule has 0 spiro atoms. The number of hydrogen-bond acceptors (Lipinski definition) is 4. The monoisotopic (exact) mass is 210 g/mol. The van der Waals surface area contributed by atoms with Crippen molar-refractivity contribution in [3.63, 3.8) is 0 Å². The second kappa shape index (κ2) is 4.37. The molecule has 1 aromatic carbocycles. The van der Waals surface area contributed by atoms with Gasteiger partial charge in [0, 0.05) is 23.5 Å². The minimum atomic E-state index is 0.142. The minimum Gasteiger partial charge on any atom is -0.370 e. The zero-order valence-electron chi connectivity index (χ0n) is 8.62. The summed E-state index contributed by atoms with van der Waals surface area (Å²) >= 11 is 0. The van der Waals surface area contributed by atoms with Gasteiger partial charge in [-0.05, 0) is 0 Å². The van der Waals surface area contributed by atoms with E-state index in [4.69, 9.17) is 10.5 Å². The van der Waals surface area contributed by atoms with Crippen molar-refractivity contribution in [2.24, 2.45) is 0 Å². The fourth-order valence-electron chi connectivity index (χ4n) is 1.60. The summed E-state index contributed by atoms with van der Waals surface area (Å²) in [5, 5.41) is 25.6. The van der Waals surface area contributed by atoms with Gasteiger partial charge in [-0.1, -0.05) is 24.3 Å². The van der Waals surface area contributed by atoms with Gasteiger partial charge in [0.25, 0.3) is 0 Å². The Morgan fingerprint density at radius 3 is 2.06 bits per heavy atom. The summed E-state index contributed by atoms with van der Waals surface area (Å²) in [5.41, 5.74) is 0.142. The molecule has 16 heavy (non-hydrogen) atoms. The van der Waals surface area contributed by atoms with E-state index >= 15 is 0 Å². The van der Waals surface area contributed by atoms with Crippen LogP contribution in [0.25, 0.3) is 11.4 Å². The Kier molecular flexibility index (Phi) is 2.75. The number of nitriles is 2. The van der Waals surface area contributed by atoms with Gasteiger partial charge in [-0.25, -0.2) is 0 Å². The van der Waals surface area contributed by atoms with Crippen LogP contribution in [0.2, 0.25) is 0 Å². The lowest BCUT2D eigenvalue weighted by molar-refractivity contribution is 0.942. The van der Waals surface area contributed by atoms with Gasteiger partial charge in [-0.15, -0.1) is 0 Å². The quantitative estimate of drug-likeness (QED) is 0.584. The summed E-state index contributed by atoms with van der Waals surface area (Å²) in [7, 11) is 0. The maximum atomic E-state index is 8.72. The number of nitrogens with one attached hydrogen (secondary N) is 2. The molecule has 0 bridgehead atoms. The number of nitrogens with zero attached hydrogens (tertiary/aromatic N) is 2. The Hall–Kier alpha value is -2.46. The van der Waals surface area contributed by atoms with Crippen LogP contribution in [0.5, 0.6) is 0 Å². The van der Waals surface area contributed by atoms with E-state index in [2.05, 4.69) is 10.6 Å². The van der Waals surface area contributed by atoms with E-state index in [1.54, 1.807) is 12.1 Å². The first-order valence-electron chi connectivity index (χ1n) is 4.98. The molecule has 2 rings (SSSR count). The van der Waals surface area contributed by atoms with Crippen molar-refractivity contribution in [2.45, 2.75) is 0 Å². The molecule has 0 aliphatic carbocycles. The molecule has 1 aliphatic heterocycles. The van der Waals surface area contributed by atoms with Crippen molar-refractivity contribution in [1.82, 2.24) is 10.6 Å². The van der Waals surface area contributed by atoms with E-state index in [1.807, 2.05) is 24.3 Å². The Morgan fingerprint density at radius 2 is 1.56 bits per heavy atom. The number of benzene rings is 1. The SMILES string of the molecule is N#CC(C#N)=c1ccc(=C2NCCN2)cc1.